The van der Waals surface area contributed by atoms with E-state index >= 15 is 0 Å². The second kappa shape index (κ2) is 3.93. The van der Waals surface area contributed by atoms with Crippen molar-refractivity contribution in [2.75, 3.05) is 7.05 Å². The molecule has 0 atom stereocenters. The number of nitrogens with one attached hydrogen (secondary N) is 1. The lowest BCUT2D eigenvalue weighted by Crippen LogP contribution is -2.13. The molecule has 3 heteroatoms. The zero-order valence-corrected chi connectivity index (χ0v) is 7.02. The highest BCUT2D eigenvalue weighted by Gasteiger charge is 1.88. The predicted octanol–water partition coefficient (Wildman–Crippen LogP) is 1.51. The first kappa shape index (κ1) is 8.01. The summed E-state index contributed by atoms with van der Waals surface area (Å²) in [5, 5.41) is 6.47. The number of hydrogen-bond donors (Lipinski definition) is 1. The van der Waals surface area contributed by atoms with Crippen LogP contribution in [0.2, 0.25) is 0 Å². The molecule has 0 bridgehead atoms. The summed E-state index contributed by atoms with van der Waals surface area (Å²) in [6.45, 7) is 0. The van der Waals surface area contributed by atoms with Crippen LogP contribution in [0.4, 0.5) is 0 Å². The van der Waals surface area contributed by atoms with Crippen LogP contribution in [0, 0.1) is 0 Å². The first-order valence-electron chi connectivity index (χ1n) is 3.25. The number of hydrogen-bond acceptors (Lipinski definition) is 2. The molecular weight excluding hydrogens is 158 g/mol. The number of thiophene rings is 1. The van der Waals surface area contributed by atoms with Crippen LogP contribution in [0.15, 0.2) is 22.9 Å². The van der Waals surface area contributed by atoms with Gasteiger partial charge in [-0.05, 0) is 28.5 Å². The molecule has 11 heavy (non-hydrogen) atoms. The zero-order valence-electron chi connectivity index (χ0n) is 6.20. The maximum absolute atomic E-state index is 10.7. The quantitative estimate of drug-likeness (QED) is 0.664. The Bertz CT molecular complexity index is 251. The topological polar surface area (TPSA) is 29.1 Å². The third-order valence-corrected chi connectivity index (χ3v) is 1.92. The Balaban J connectivity index is 2.55. The molecule has 1 heterocycles. The van der Waals surface area contributed by atoms with Gasteiger partial charge in [-0.25, -0.2) is 0 Å². The number of rotatable bonds is 2. The third-order valence-electron chi connectivity index (χ3n) is 1.22. The van der Waals surface area contributed by atoms with Gasteiger partial charge in [-0.3, -0.25) is 4.79 Å². The zero-order chi connectivity index (χ0) is 8.10. The second-order valence-electron chi connectivity index (χ2n) is 2.00. The summed E-state index contributed by atoms with van der Waals surface area (Å²) < 4.78 is 0. The standard InChI is InChI=1S/C8H9NOS/c1-9-8(10)3-2-7-4-5-11-6-7/h2-6H,1H3,(H,9,10). The molecule has 58 valence electrons. The highest BCUT2D eigenvalue weighted by atomic mass is 32.1. The molecule has 0 aromatic carbocycles. The molecule has 0 saturated heterocycles. The fraction of sp³-hybridized carbons (Fsp3) is 0.125. The van der Waals surface area contributed by atoms with E-state index in [1.54, 1.807) is 24.5 Å². The largest absolute Gasteiger partial charge is 0.356 e. The minimum Gasteiger partial charge on any atom is -0.356 e. The Labute approximate surface area is 69.6 Å². The fourth-order valence-electron chi connectivity index (χ4n) is 0.625. The molecular formula is C8H9NOS. The third kappa shape index (κ3) is 2.55. The van der Waals surface area contributed by atoms with E-state index in [1.807, 2.05) is 16.8 Å². The van der Waals surface area contributed by atoms with Crippen LogP contribution >= 0.6 is 11.3 Å². The van der Waals surface area contributed by atoms with E-state index < -0.39 is 0 Å². The van der Waals surface area contributed by atoms with Crippen LogP contribution in [0.3, 0.4) is 0 Å². The van der Waals surface area contributed by atoms with E-state index in [4.69, 9.17) is 0 Å². The van der Waals surface area contributed by atoms with Gasteiger partial charge in [0.15, 0.2) is 0 Å². The van der Waals surface area contributed by atoms with Crippen molar-refractivity contribution in [3.05, 3.63) is 28.5 Å². The average Bonchev–Trinajstić information content (AvgIpc) is 2.52. The monoisotopic (exact) mass is 167 g/mol. The van der Waals surface area contributed by atoms with E-state index in [0.29, 0.717) is 0 Å². The molecule has 0 unspecified atom stereocenters. The van der Waals surface area contributed by atoms with Gasteiger partial charge in [-0.15, -0.1) is 0 Å². The molecule has 0 saturated carbocycles. The Morgan fingerprint density at radius 3 is 3.09 bits per heavy atom. The molecule has 2 nitrogen and oxygen atoms in total. The Morgan fingerprint density at radius 2 is 2.55 bits per heavy atom. The Morgan fingerprint density at radius 1 is 1.73 bits per heavy atom. The number of carbonyl (C=O) groups is 1. The van der Waals surface area contributed by atoms with Gasteiger partial charge in [0.25, 0.3) is 0 Å². The van der Waals surface area contributed by atoms with Gasteiger partial charge in [0.2, 0.25) is 5.91 Å². The SMILES string of the molecule is CNC(=O)C=Cc1ccsc1. The molecule has 1 amide bonds. The van der Waals surface area contributed by atoms with Crippen molar-refractivity contribution in [3.8, 4) is 0 Å². The molecule has 0 aliphatic rings. The van der Waals surface area contributed by atoms with Crippen LogP contribution in [0.25, 0.3) is 6.08 Å². The van der Waals surface area contributed by atoms with Gasteiger partial charge < -0.3 is 5.32 Å². The highest BCUT2D eigenvalue weighted by molar-refractivity contribution is 7.08. The van der Waals surface area contributed by atoms with Crippen LogP contribution < -0.4 is 5.32 Å². The minimum absolute atomic E-state index is 0.0730. The van der Waals surface area contributed by atoms with Crippen molar-refractivity contribution < 1.29 is 4.79 Å². The number of amides is 1. The van der Waals surface area contributed by atoms with E-state index in [9.17, 15) is 4.79 Å². The summed E-state index contributed by atoms with van der Waals surface area (Å²) in [6, 6.07) is 1.96. The molecule has 0 spiro atoms. The van der Waals surface area contributed by atoms with Crippen molar-refractivity contribution in [3.63, 3.8) is 0 Å². The van der Waals surface area contributed by atoms with Gasteiger partial charge in [-0.2, -0.15) is 11.3 Å². The smallest absolute Gasteiger partial charge is 0.243 e. The van der Waals surface area contributed by atoms with E-state index in [0.717, 1.165) is 5.56 Å². The normalized spacial score (nSPS) is 10.3. The molecule has 1 rings (SSSR count). The van der Waals surface area contributed by atoms with Crippen LogP contribution in [-0.2, 0) is 4.79 Å². The lowest BCUT2D eigenvalue weighted by molar-refractivity contribution is -0.115. The van der Waals surface area contributed by atoms with Gasteiger partial charge in [0, 0.05) is 13.1 Å². The van der Waals surface area contributed by atoms with Gasteiger partial charge in [0.1, 0.15) is 0 Å². The number of likely N-dealkylation sites (N-methyl/N-ethyl adjacent to an activating group) is 1. The lowest BCUT2D eigenvalue weighted by Gasteiger charge is -1.87. The maximum Gasteiger partial charge on any atom is 0.243 e. The molecule has 1 aromatic heterocycles. The lowest BCUT2D eigenvalue weighted by atomic mass is 10.3. The summed E-state index contributed by atoms with van der Waals surface area (Å²) in [4.78, 5) is 10.7. The van der Waals surface area contributed by atoms with Crippen molar-refractivity contribution in [2.24, 2.45) is 0 Å². The van der Waals surface area contributed by atoms with Crippen LogP contribution in [0.1, 0.15) is 5.56 Å². The van der Waals surface area contributed by atoms with Crippen molar-refractivity contribution in [1.29, 1.82) is 0 Å². The van der Waals surface area contributed by atoms with Crippen molar-refractivity contribution >= 4 is 23.3 Å². The summed E-state index contributed by atoms with van der Waals surface area (Å²) in [5.41, 5.74) is 1.07. The van der Waals surface area contributed by atoms with Crippen LogP contribution in [0.5, 0.6) is 0 Å². The van der Waals surface area contributed by atoms with Crippen molar-refractivity contribution in [2.45, 2.75) is 0 Å². The molecule has 0 aliphatic carbocycles. The van der Waals surface area contributed by atoms with E-state index in [2.05, 4.69) is 5.32 Å². The first-order valence-corrected chi connectivity index (χ1v) is 4.19. The molecule has 0 fully saturated rings. The highest BCUT2D eigenvalue weighted by Crippen LogP contribution is 2.06. The molecule has 1 aromatic rings. The maximum atomic E-state index is 10.7. The van der Waals surface area contributed by atoms with Gasteiger partial charge in [0.05, 0.1) is 0 Å². The summed E-state index contributed by atoms with van der Waals surface area (Å²) in [5.74, 6) is -0.0730. The van der Waals surface area contributed by atoms with Gasteiger partial charge >= 0.3 is 0 Å². The molecule has 1 N–H and O–H groups in total. The second-order valence-corrected chi connectivity index (χ2v) is 2.78. The fourth-order valence-corrected chi connectivity index (χ4v) is 1.25. The summed E-state index contributed by atoms with van der Waals surface area (Å²) in [6.07, 6.45) is 3.30. The predicted molar refractivity (Wildman–Crippen MR) is 47.4 cm³/mol. The Kier molecular flexibility index (Phi) is 2.86. The van der Waals surface area contributed by atoms with Crippen LogP contribution in [-0.4, -0.2) is 13.0 Å². The van der Waals surface area contributed by atoms with Gasteiger partial charge in [-0.1, -0.05) is 0 Å². The summed E-state index contributed by atoms with van der Waals surface area (Å²) in [7, 11) is 1.61. The van der Waals surface area contributed by atoms with Crippen molar-refractivity contribution in [1.82, 2.24) is 5.32 Å². The van der Waals surface area contributed by atoms with E-state index in [-0.39, 0.29) is 5.91 Å². The summed E-state index contributed by atoms with van der Waals surface area (Å²) >= 11 is 1.62. The minimum atomic E-state index is -0.0730. The molecule has 0 aliphatic heterocycles. The Hall–Kier alpha value is -1.09. The number of carbonyl (C=O) groups excluding carboxylic acids is 1. The molecule has 0 radical (unpaired) electrons. The first-order chi connectivity index (χ1) is 5.33. The average molecular weight is 167 g/mol. The van der Waals surface area contributed by atoms with E-state index in [1.165, 1.54) is 6.08 Å².